The van der Waals surface area contributed by atoms with Crippen LogP contribution in [-0.2, 0) is 107 Å². The van der Waals surface area contributed by atoms with Crippen LogP contribution in [0.15, 0.2) is 97.7 Å². The first-order valence-corrected chi connectivity index (χ1v) is 48.2. The number of phenolic OH excluding ortho intramolecular Hbond substituents is 1. The maximum Gasteiger partial charge on any atom is 0.303 e. The third-order valence-electron chi connectivity index (χ3n) is 25.3. The van der Waals surface area contributed by atoms with Crippen LogP contribution < -0.4 is 75.7 Å². The van der Waals surface area contributed by atoms with E-state index in [9.17, 15) is 39.6 Å². The Hall–Kier alpha value is -13.8. The van der Waals surface area contributed by atoms with Crippen molar-refractivity contribution in [3.8, 4) is 5.75 Å². The molecule has 3 aromatic carbocycles. The molecule has 25 N–H and O–H groups in total. The highest BCUT2D eigenvalue weighted by Crippen LogP contribution is 2.29. The molecule has 0 spiro atoms. The zero-order valence-electron chi connectivity index (χ0n) is 78.4. The molecule has 7 heterocycles. The predicted molar refractivity (Wildman–Crippen MR) is 509 cm³/mol. The summed E-state index contributed by atoms with van der Waals surface area (Å²) in [5.74, 6) is -17.8. The molecule has 0 saturated carbocycles. The number of likely N-dealkylation sites (N-methyl/N-ethyl adjacent to an activating group) is 2. The van der Waals surface area contributed by atoms with Crippen LogP contribution in [0.4, 0.5) is 0 Å². The van der Waals surface area contributed by atoms with Gasteiger partial charge in [-0.2, -0.15) is 0 Å². The topological polar surface area (TPSA) is 682 Å². The normalized spacial score (nSPS) is 24.8. The minimum Gasteiger partial charge on any atom is -0.508 e. The summed E-state index contributed by atoms with van der Waals surface area (Å²) in [6.45, 7) is 1.11. The summed E-state index contributed by atoms with van der Waals surface area (Å²) in [5.41, 5.74) is 20.0. The highest BCUT2D eigenvalue weighted by molar-refractivity contribution is 8.00. The number of amides is 16. The molecule has 0 bridgehead atoms. The number of phenols is 1. The Morgan fingerprint density at radius 1 is 0.525 bits per heavy atom. The van der Waals surface area contributed by atoms with E-state index in [1.54, 1.807) is 60.9 Å². The van der Waals surface area contributed by atoms with Crippen molar-refractivity contribution in [2.24, 2.45) is 17.2 Å². The molecule has 4 saturated heterocycles. The van der Waals surface area contributed by atoms with E-state index in [1.807, 2.05) is 13.8 Å². The highest BCUT2D eigenvalue weighted by Gasteiger charge is 2.47. The Balaban J connectivity index is 1.03. The van der Waals surface area contributed by atoms with Crippen LogP contribution in [0.5, 0.6) is 5.75 Å². The second kappa shape index (κ2) is 52.1. The van der Waals surface area contributed by atoms with Crippen LogP contribution in [0, 0.1) is 5.41 Å². The maximum atomic E-state index is 15.8. The van der Waals surface area contributed by atoms with Gasteiger partial charge in [-0.05, 0) is 125 Å². The lowest BCUT2D eigenvalue weighted by Crippen LogP contribution is -2.62. The van der Waals surface area contributed by atoms with E-state index in [0.717, 1.165) is 31.4 Å². The number of rotatable bonds is 28. The van der Waals surface area contributed by atoms with Gasteiger partial charge in [0.1, 0.15) is 90.3 Å². The molecule has 754 valence electrons. The Labute approximate surface area is 806 Å². The van der Waals surface area contributed by atoms with Gasteiger partial charge in [0, 0.05) is 125 Å². The van der Waals surface area contributed by atoms with Gasteiger partial charge in [-0.15, -0.1) is 11.8 Å². The molecular formula is C93H130N24O21S. The van der Waals surface area contributed by atoms with Crippen molar-refractivity contribution in [3.63, 3.8) is 0 Å². The Morgan fingerprint density at radius 3 is 1.65 bits per heavy atom. The second-order valence-corrected chi connectivity index (χ2v) is 36.5. The van der Waals surface area contributed by atoms with Crippen molar-refractivity contribution in [2.75, 3.05) is 71.5 Å². The Bertz CT molecular complexity index is 5330. The first kappa shape index (κ1) is 107. The van der Waals surface area contributed by atoms with E-state index in [2.05, 4.69) is 78.4 Å². The van der Waals surface area contributed by atoms with Crippen molar-refractivity contribution >= 4 is 140 Å². The Kier molecular flexibility index (Phi) is 40.2. The number of hydrogen-bond donors (Lipinski definition) is 22. The summed E-state index contributed by atoms with van der Waals surface area (Å²) in [4.78, 5) is 271. The van der Waals surface area contributed by atoms with Gasteiger partial charge in [-0.25, -0.2) is 4.98 Å². The van der Waals surface area contributed by atoms with Gasteiger partial charge in [-0.3, -0.25) is 86.9 Å². The molecule has 0 unspecified atom stereocenters. The summed E-state index contributed by atoms with van der Waals surface area (Å²) in [6.07, 6.45) is 3.91. The largest absolute Gasteiger partial charge is 0.508 e. The van der Waals surface area contributed by atoms with Gasteiger partial charge in [0.15, 0.2) is 5.96 Å². The van der Waals surface area contributed by atoms with E-state index >= 15 is 62.3 Å². The highest BCUT2D eigenvalue weighted by atomic mass is 32.2. The van der Waals surface area contributed by atoms with E-state index in [1.165, 1.54) is 55.8 Å². The molecule has 6 aromatic rings. The molecule has 15 atom stereocenters. The number of aromatic nitrogens is 4. The van der Waals surface area contributed by atoms with Crippen LogP contribution in [0.3, 0.4) is 0 Å². The van der Waals surface area contributed by atoms with Crippen LogP contribution >= 0.6 is 11.8 Å². The van der Waals surface area contributed by atoms with Gasteiger partial charge < -0.3 is 136 Å². The van der Waals surface area contributed by atoms with Gasteiger partial charge >= 0.3 is 5.97 Å². The van der Waals surface area contributed by atoms with Gasteiger partial charge in [0.25, 0.3) is 0 Å². The number of benzene rings is 3. The van der Waals surface area contributed by atoms with Crippen LogP contribution in [0.2, 0.25) is 0 Å². The van der Waals surface area contributed by atoms with Crippen molar-refractivity contribution < 1.29 is 102 Å². The lowest BCUT2D eigenvalue weighted by Gasteiger charge is -2.38. The van der Waals surface area contributed by atoms with Crippen molar-refractivity contribution in [3.05, 3.63) is 120 Å². The third kappa shape index (κ3) is 29.9. The number of nitrogens with one attached hydrogen (secondary N) is 15. The van der Waals surface area contributed by atoms with E-state index in [4.69, 9.17) is 22.6 Å². The SMILES string of the molecule is CCCC[C@H]1C(=O)N(C)[C@@H](CCCC)C(=O)N[C@@H](CCCNC(=N)N)C(=O)N[C@H](C(=O)NCC(N)=O)CSCC(=O)N[C@@H](Cc2ccc(O)cc2)C(=O)N2CCCC[C@H]2C(=O)N[C@@H](CCC(=O)O)C(=O)N2CCC[C@H]2C(=O)N[C@@H](Cc2c[nH]cn2)C(=O)N[C@@H](CCCN)C(=O)N2C[C@H](O)C[C@H]2C(=O)N[C@@H](Cc2c[nH]c3ccccc23)C(=O)N[C@@H](CO)C(=O)N[C@@H](Cc2c[nH]c3ccccc23)C(=O)N1C. The molecule has 45 nitrogen and oxygen atoms in total. The zero-order chi connectivity index (χ0) is 101. The van der Waals surface area contributed by atoms with Crippen LogP contribution in [-0.4, -0.2) is 333 Å². The number of aliphatic carboxylic acids is 1. The molecule has 3 aromatic heterocycles. The van der Waals surface area contributed by atoms with Crippen molar-refractivity contribution in [1.82, 2.24) is 103 Å². The lowest BCUT2D eigenvalue weighted by molar-refractivity contribution is -0.149. The smallest absolute Gasteiger partial charge is 0.303 e. The number of piperidine rings is 1. The first-order valence-electron chi connectivity index (χ1n) is 47.1. The average Bonchev–Trinajstić information content (AvgIpc) is 1.73. The molecule has 46 heteroatoms. The molecular weight excluding hydrogens is 1820 g/mol. The average molecular weight is 1950 g/mol. The summed E-state index contributed by atoms with van der Waals surface area (Å²) in [5, 5.41) is 81.6. The fourth-order valence-corrected chi connectivity index (χ4v) is 18.7. The van der Waals surface area contributed by atoms with Crippen molar-refractivity contribution in [1.29, 1.82) is 5.41 Å². The van der Waals surface area contributed by atoms with E-state index in [-0.39, 0.29) is 121 Å². The number of guanidine groups is 1. The summed E-state index contributed by atoms with van der Waals surface area (Å²) in [6, 6.07) is -2.06. The molecule has 16 amide bonds. The van der Waals surface area contributed by atoms with Crippen LogP contribution in [0.1, 0.15) is 152 Å². The number of unbranched alkanes of at least 4 members (excludes halogenated alkanes) is 2. The number of aromatic amines is 3. The number of aliphatic hydroxyl groups is 2. The first-order chi connectivity index (χ1) is 66.6. The number of imidazole rings is 1. The number of carboxylic acids is 1. The van der Waals surface area contributed by atoms with Gasteiger partial charge in [-0.1, -0.05) is 88.1 Å². The minimum atomic E-state index is -1.90. The molecule has 0 radical (unpaired) electrons. The zero-order valence-corrected chi connectivity index (χ0v) is 79.2. The fraction of sp³-hybridized carbons (Fsp3) is 0.538. The number of carbonyl (C=O) groups is 17. The molecule has 4 aliphatic heterocycles. The number of nitrogens with zero attached hydrogens (tertiary/aromatic N) is 6. The van der Waals surface area contributed by atoms with Gasteiger partial charge in [0.05, 0.1) is 37.0 Å². The summed E-state index contributed by atoms with van der Waals surface area (Å²) in [7, 11) is 2.68. The number of hydrogen-bond acceptors (Lipinski definition) is 24. The molecule has 10 rings (SSSR count). The molecule has 0 aliphatic carbocycles. The molecule has 139 heavy (non-hydrogen) atoms. The van der Waals surface area contributed by atoms with E-state index < -0.39 is 248 Å². The molecule has 4 fully saturated rings. The minimum absolute atomic E-state index is 0.00397. The fourth-order valence-electron chi connectivity index (χ4n) is 17.8. The third-order valence-corrected chi connectivity index (χ3v) is 26.4. The number of carbonyl (C=O) groups excluding carboxylic acids is 16. The van der Waals surface area contributed by atoms with E-state index in [0.29, 0.717) is 77.0 Å². The number of para-hydroxylation sites is 2. The lowest BCUT2D eigenvalue weighted by atomic mass is 9.97. The number of fused-ring (bicyclic) bond motifs is 5. The monoisotopic (exact) mass is 1950 g/mol. The number of carboxylic acid groups (broad SMARTS) is 1. The number of primary amides is 1. The molecule has 4 aliphatic rings. The van der Waals surface area contributed by atoms with Crippen LogP contribution in [0.25, 0.3) is 21.8 Å². The number of aliphatic hydroxyl groups excluding tert-OH is 2. The predicted octanol–water partition coefficient (Wildman–Crippen LogP) is -2.71. The summed E-state index contributed by atoms with van der Waals surface area (Å²) < 4.78 is 0. The number of aromatic hydroxyl groups is 1. The second-order valence-electron chi connectivity index (χ2n) is 35.4. The summed E-state index contributed by atoms with van der Waals surface area (Å²) >= 11 is 0.776. The maximum absolute atomic E-state index is 15.8. The Morgan fingerprint density at radius 2 is 1.04 bits per heavy atom. The number of thioether (sulfide) groups is 1. The number of nitrogens with two attached hydrogens (primary N) is 3. The quantitative estimate of drug-likeness (QED) is 0.0135. The number of H-pyrrole nitrogens is 3. The van der Waals surface area contributed by atoms with Gasteiger partial charge in [0.2, 0.25) is 94.5 Å². The van der Waals surface area contributed by atoms with Crippen molar-refractivity contribution in [2.45, 2.75) is 246 Å². The standard InChI is InChI=1S/C93H130N24O21S/c1-5-7-24-71-84(130)105-62(23-16-35-99-93(96)97)80(126)112-70(79(125)102-46-76(95)121)49-139-50-77(122)104-67(38-52-28-30-56(119)31-29-52)91(137)115-36-14-13-26-72(115)85(131)107-64(32-33-78(123)124)89(135)116-37-17-27-73(116)86(132)109-66(41-55-45-98-51-103-55)82(128)106-63(22-15-34-94)90(136)117-47-57(120)42-75(117)87(133)108-65(39-53-43-100-60-20-11-9-18-58(53)60)81(127)111-69(48-118)83(129)110-68(40-54-44-101-61-21-12-10-19-59(54)61)88(134)114(4)74(25-8-6-2)92(138)113(71)3/h9-12,18-21,28-31,43-45,51,57,62-75,100-101,118-120H,5-8,13-17,22-27,32-42,46-50,94H2,1-4H3,(H2,95,121)(H,98,103)(H,102,125)(H,104,122)(H,105,130)(H,106,128)(H,107,131)(H,108,133)(H,109,132)(H,110,129)(H,111,127)(H,112,126)(H,123,124)(H4,96,97,99)/t57-,62+,63+,64+,65+,66+,67+,68+,69+,70+,71+,72+,73+,74+,75+/m1/s1.